The van der Waals surface area contributed by atoms with Gasteiger partial charge >= 0.3 is 5.97 Å². The van der Waals surface area contributed by atoms with Gasteiger partial charge in [-0.05, 0) is 48.0 Å². The van der Waals surface area contributed by atoms with Crippen LogP contribution in [-0.2, 0) is 0 Å². The highest BCUT2D eigenvalue weighted by Gasteiger charge is 2.10. The second-order valence-corrected chi connectivity index (χ2v) is 5.87. The summed E-state index contributed by atoms with van der Waals surface area (Å²) in [6.45, 7) is 0. The SMILES string of the molecule is O=C(O)c1ccc2c(c1)ncn2-c1cccc(-c2cccnc2Cl)c1. The summed E-state index contributed by atoms with van der Waals surface area (Å²) in [5, 5.41) is 9.55. The smallest absolute Gasteiger partial charge is 0.335 e. The second kappa shape index (κ2) is 6.03. The molecule has 0 unspecified atom stereocenters. The van der Waals surface area contributed by atoms with Crippen LogP contribution < -0.4 is 0 Å². The number of imidazole rings is 1. The van der Waals surface area contributed by atoms with E-state index in [1.165, 1.54) is 0 Å². The quantitative estimate of drug-likeness (QED) is 0.555. The summed E-state index contributed by atoms with van der Waals surface area (Å²) < 4.78 is 1.91. The molecular formula is C19H12ClN3O2. The van der Waals surface area contributed by atoms with Gasteiger partial charge in [-0.2, -0.15) is 0 Å². The molecule has 0 aliphatic carbocycles. The average Bonchev–Trinajstić information content (AvgIpc) is 3.05. The Hall–Kier alpha value is -3.18. The molecule has 1 N–H and O–H groups in total. The van der Waals surface area contributed by atoms with Crippen LogP contribution in [0.2, 0.25) is 5.15 Å². The molecule has 0 atom stereocenters. The average molecular weight is 350 g/mol. The minimum Gasteiger partial charge on any atom is -0.478 e. The zero-order valence-electron chi connectivity index (χ0n) is 12.9. The van der Waals surface area contributed by atoms with Gasteiger partial charge in [0.15, 0.2) is 0 Å². The Morgan fingerprint density at radius 3 is 2.72 bits per heavy atom. The number of nitrogens with zero attached hydrogens (tertiary/aromatic N) is 3. The van der Waals surface area contributed by atoms with E-state index in [1.807, 2.05) is 41.0 Å². The van der Waals surface area contributed by atoms with Gasteiger partial charge in [-0.25, -0.2) is 14.8 Å². The Kier molecular flexibility index (Phi) is 3.71. The van der Waals surface area contributed by atoms with Crippen molar-refractivity contribution in [2.24, 2.45) is 0 Å². The van der Waals surface area contributed by atoms with E-state index in [-0.39, 0.29) is 5.56 Å². The number of halogens is 1. The fraction of sp³-hybridized carbons (Fsp3) is 0. The summed E-state index contributed by atoms with van der Waals surface area (Å²) in [6, 6.07) is 16.5. The topological polar surface area (TPSA) is 68.0 Å². The molecule has 0 amide bonds. The fourth-order valence-corrected chi connectivity index (χ4v) is 3.00. The van der Waals surface area contributed by atoms with E-state index in [1.54, 1.807) is 30.7 Å². The minimum atomic E-state index is -0.968. The second-order valence-electron chi connectivity index (χ2n) is 5.52. The van der Waals surface area contributed by atoms with Gasteiger partial charge in [0.2, 0.25) is 0 Å². The van der Waals surface area contributed by atoms with E-state index in [0.29, 0.717) is 10.7 Å². The number of aromatic carboxylic acids is 1. The summed E-state index contributed by atoms with van der Waals surface area (Å²) in [7, 11) is 0. The molecular weight excluding hydrogens is 338 g/mol. The Labute approximate surface area is 148 Å². The molecule has 2 aromatic carbocycles. The van der Waals surface area contributed by atoms with Crippen LogP contribution in [0.4, 0.5) is 0 Å². The Morgan fingerprint density at radius 2 is 1.92 bits per heavy atom. The monoisotopic (exact) mass is 349 g/mol. The minimum absolute atomic E-state index is 0.216. The number of carboxylic acid groups (broad SMARTS) is 1. The van der Waals surface area contributed by atoms with Gasteiger partial charge in [0.05, 0.1) is 16.6 Å². The number of fused-ring (bicyclic) bond motifs is 1. The third-order valence-corrected chi connectivity index (χ3v) is 4.29. The molecule has 4 aromatic rings. The first-order chi connectivity index (χ1) is 12.1. The van der Waals surface area contributed by atoms with E-state index in [4.69, 9.17) is 16.7 Å². The number of carbonyl (C=O) groups is 1. The number of benzene rings is 2. The van der Waals surface area contributed by atoms with Crippen LogP contribution in [0.15, 0.2) is 67.1 Å². The molecule has 2 aromatic heterocycles. The highest BCUT2D eigenvalue weighted by molar-refractivity contribution is 6.32. The largest absolute Gasteiger partial charge is 0.478 e. The molecule has 0 fully saturated rings. The van der Waals surface area contributed by atoms with Crippen molar-refractivity contribution in [1.82, 2.24) is 14.5 Å². The zero-order chi connectivity index (χ0) is 17.4. The van der Waals surface area contributed by atoms with Crippen LogP contribution >= 0.6 is 11.6 Å². The maximum atomic E-state index is 11.1. The molecule has 0 saturated heterocycles. The Morgan fingerprint density at radius 1 is 1.04 bits per heavy atom. The van der Waals surface area contributed by atoms with Gasteiger partial charge < -0.3 is 5.11 Å². The van der Waals surface area contributed by atoms with E-state index in [9.17, 15) is 4.79 Å². The molecule has 0 saturated carbocycles. The molecule has 122 valence electrons. The molecule has 2 heterocycles. The van der Waals surface area contributed by atoms with Crippen LogP contribution in [-0.4, -0.2) is 25.6 Å². The number of hydrogen-bond donors (Lipinski definition) is 1. The lowest BCUT2D eigenvalue weighted by atomic mass is 10.1. The van der Waals surface area contributed by atoms with Crippen molar-refractivity contribution in [2.45, 2.75) is 0 Å². The van der Waals surface area contributed by atoms with Gasteiger partial charge in [-0.3, -0.25) is 4.57 Å². The van der Waals surface area contributed by atoms with Crippen molar-refractivity contribution in [3.63, 3.8) is 0 Å². The van der Waals surface area contributed by atoms with Gasteiger partial charge in [-0.15, -0.1) is 0 Å². The number of aromatic nitrogens is 3. The lowest BCUT2D eigenvalue weighted by Crippen LogP contribution is -1.96. The van der Waals surface area contributed by atoms with Gasteiger partial charge in [-0.1, -0.05) is 23.7 Å². The van der Waals surface area contributed by atoms with Crippen LogP contribution in [0.25, 0.3) is 27.8 Å². The van der Waals surface area contributed by atoms with Crippen molar-refractivity contribution < 1.29 is 9.90 Å². The maximum absolute atomic E-state index is 11.1. The molecule has 0 aliphatic rings. The van der Waals surface area contributed by atoms with Crippen LogP contribution in [0.5, 0.6) is 0 Å². The highest BCUT2D eigenvalue weighted by atomic mass is 35.5. The van der Waals surface area contributed by atoms with Crippen LogP contribution in [0.3, 0.4) is 0 Å². The Bertz CT molecular complexity index is 1100. The molecule has 4 rings (SSSR count). The maximum Gasteiger partial charge on any atom is 0.335 e. The number of pyridine rings is 1. The summed E-state index contributed by atoms with van der Waals surface area (Å²) in [6.07, 6.45) is 3.33. The normalized spacial score (nSPS) is 10.9. The van der Waals surface area contributed by atoms with E-state index < -0.39 is 5.97 Å². The lowest BCUT2D eigenvalue weighted by Gasteiger charge is -2.08. The predicted octanol–water partition coefficient (Wildman–Crippen LogP) is 4.44. The summed E-state index contributed by atoms with van der Waals surface area (Å²) in [5.41, 5.74) is 4.38. The summed E-state index contributed by atoms with van der Waals surface area (Å²) >= 11 is 6.19. The first-order valence-electron chi connectivity index (χ1n) is 7.55. The molecule has 5 nitrogen and oxygen atoms in total. The molecule has 0 radical (unpaired) electrons. The number of carboxylic acids is 1. The molecule has 25 heavy (non-hydrogen) atoms. The van der Waals surface area contributed by atoms with E-state index >= 15 is 0 Å². The Balaban J connectivity index is 1.83. The van der Waals surface area contributed by atoms with Crippen LogP contribution in [0.1, 0.15) is 10.4 Å². The number of rotatable bonds is 3. The standard InChI is InChI=1S/C19H12ClN3O2/c20-18-15(5-2-8-21-18)12-3-1-4-14(9-12)23-11-22-16-10-13(19(24)25)6-7-17(16)23/h1-11H,(H,24,25). The van der Waals surface area contributed by atoms with Crippen molar-refractivity contribution >= 4 is 28.6 Å². The van der Waals surface area contributed by atoms with Crippen molar-refractivity contribution in [3.05, 3.63) is 77.8 Å². The first-order valence-corrected chi connectivity index (χ1v) is 7.93. The zero-order valence-corrected chi connectivity index (χ0v) is 13.7. The molecule has 0 spiro atoms. The first kappa shape index (κ1) is 15.4. The van der Waals surface area contributed by atoms with Gasteiger partial charge in [0.25, 0.3) is 0 Å². The van der Waals surface area contributed by atoms with Gasteiger partial charge in [0, 0.05) is 17.4 Å². The van der Waals surface area contributed by atoms with E-state index in [2.05, 4.69) is 9.97 Å². The van der Waals surface area contributed by atoms with E-state index in [0.717, 1.165) is 22.3 Å². The van der Waals surface area contributed by atoms with Crippen molar-refractivity contribution in [1.29, 1.82) is 0 Å². The molecule has 0 aliphatic heterocycles. The predicted molar refractivity (Wildman–Crippen MR) is 96.3 cm³/mol. The third kappa shape index (κ3) is 2.75. The third-order valence-electron chi connectivity index (χ3n) is 3.99. The van der Waals surface area contributed by atoms with Gasteiger partial charge in [0.1, 0.15) is 11.5 Å². The van der Waals surface area contributed by atoms with Crippen LogP contribution in [0, 0.1) is 0 Å². The molecule has 6 heteroatoms. The number of hydrogen-bond acceptors (Lipinski definition) is 3. The fourth-order valence-electron chi connectivity index (χ4n) is 2.78. The highest BCUT2D eigenvalue weighted by Crippen LogP contribution is 2.28. The molecule has 0 bridgehead atoms. The lowest BCUT2D eigenvalue weighted by molar-refractivity contribution is 0.0697. The van der Waals surface area contributed by atoms with Crippen molar-refractivity contribution in [3.8, 4) is 16.8 Å². The summed E-state index contributed by atoms with van der Waals surface area (Å²) in [4.78, 5) is 19.5. The van der Waals surface area contributed by atoms with Crippen molar-refractivity contribution in [2.75, 3.05) is 0 Å². The summed E-state index contributed by atoms with van der Waals surface area (Å²) in [5.74, 6) is -0.968.